The average molecular weight is 266 g/mol. The first-order chi connectivity index (χ1) is 8.95. The van der Waals surface area contributed by atoms with E-state index in [1.165, 1.54) is 0 Å². The normalized spacial score (nSPS) is 10.6. The maximum Gasteiger partial charge on any atom is 0.345 e. The summed E-state index contributed by atoms with van der Waals surface area (Å²) in [5.41, 5.74) is -1.79. The first-order valence-corrected chi connectivity index (χ1v) is 5.34. The third kappa shape index (κ3) is 2.05. The van der Waals surface area contributed by atoms with Crippen LogP contribution in [0.25, 0.3) is 11.0 Å². The van der Waals surface area contributed by atoms with E-state index in [-0.39, 0.29) is 12.0 Å². The number of esters is 1. The van der Waals surface area contributed by atoms with E-state index in [1.807, 2.05) is 0 Å². The van der Waals surface area contributed by atoms with Crippen LogP contribution < -0.4 is 5.63 Å². The largest absolute Gasteiger partial charge is 0.507 e. The summed E-state index contributed by atoms with van der Waals surface area (Å²) >= 11 is 0. The van der Waals surface area contributed by atoms with Crippen molar-refractivity contribution in [2.75, 3.05) is 6.61 Å². The maximum atomic E-state index is 11.7. The van der Waals surface area contributed by atoms with Gasteiger partial charge in [0, 0.05) is 6.07 Å². The Morgan fingerprint density at radius 1 is 1.21 bits per heavy atom. The number of benzene rings is 1. The molecule has 1 heterocycles. The number of aromatic hydroxyl groups is 3. The van der Waals surface area contributed by atoms with Gasteiger partial charge >= 0.3 is 11.6 Å². The molecule has 0 saturated heterocycles. The van der Waals surface area contributed by atoms with Gasteiger partial charge in [-0.2, -0.15) is 0 Å². The highest BCUT2D eigenvalue weighted by Crippen LogP contribution is 2.38. The van der Waals surface area contributed by atoms with Crippen LogP contribution in [0.3, 0.4) is 0 Å². The quantitative estimate of drug-likeness (QED) is 0.550. The summed E-state index contributed by atoms with van der Waals surface area (Å²) in [4.78, 5) is 22.9. The molecule has 1 aromatic heterocycles. The fraction of sp³-hybridized carbons (Fsp3) is 0.167. The van der Waals surface area contributed by atoms with Crippen molar-refractivity contribution in [1.82, 2.24) is 0 Å². The lowest BCUT2D eigenvalue weighted by Crippen LogP contribution is -2.07. The van der Waals surface area contributed by atoms with Crippen LogP contribution in [0.4, 0.5) is 0 Å². The van der Waals surface area contributed by atoms with E-state index >= 15 is 0 Å². The second-order valence-electron chi connectivity index (χ2n) is 3.67. The molecule has 0 aliphatic carbocycles. The first-order valence-electron chi connectivity index (χ1n) is 5.34. The lowest BCUT2D eigenvalue weighted by atomic mass is 10.1. The van der Waals surface area contributed by atoms with E-state index in [2.05, 4.69) is 0 Å². The molecule has 0 aliphatic heterocycles. The fourth-order valence-electron chi connectivity index (χ4n) is 1.70. The van der Waals surface area contributed by atoms with Crippen molar-refractivity contribution in [3.8, 4) is 17.2 Å². The van der Waals surface area contributed by atoms with Crippen molar-refractivity contribution in [1.29, 1.82) is 0 Å². The number of carbonyl (C=O) groups is 1. The third-order valence-electron chi connectivity index (χ3n) is 2.43. The standard InChI is InChI=1S/C12H10O7/c1-2-18-12(17)10-6(14)3-5(13)9-7(15)4-8(16)19-11(9)10/h3-4,13-15H,2H2,1H3. The summed E-state index contributed by atoms with van der Waals surface area (Å²) in [6, 6.07) is 1.60. The van der Waals surface area contributed by atoms with Crippen molar-refractivity contribution in [3.63, 3.8) is 0 Å². The van der Waals surface area contributed by atoms with Gasteiger partial charge in [0.05, 0.1) is 12.7 Å². The van der Waals surface area contributed by atoms with Gasteiger partial charge in [0.25, 0.3) is 0 Å². The Balaban J connectivity index is 2.90. The summed E-state index contributed by atoms with van der Waals surface area (Å²) in [5, 5.41) is 28.6. The molecular formula is C12H10O7. The maximum absolute atomic E-state index is 11.7. The van der Waals surface area contributed by atoms with Gasteiger partial charge in [0.2, 0.25) is 0 Å². The molecule has 0 atom stereocenters. The van der Waals surface area contributed by atoms with Crippen LogP contribution in [0.2, 0.25) is 0 Å². The number of ether oxygens (including phenoxy) is 1. The number of fused-ring (bicyclic) bond motifs is 1. The Morgan fingerprint density at radius 3 is 2.47 bits per heavy atom. The predicted octanol–water partition coefficient (Wildman–Crippen LogP) is 1.09. The van der Waals surface area contributed by atoms with Crippen LogP contribution in [0.15, 0.2) is 21.3 Å². The lowest BCUT2D eigenvalue weighted by molar-refractivity contribution is 0.0524. The summed E-state index contributed by atoms with van der Waals surface area (Å²) in [7, 11) is 0. The van der Waals surface area contributed by atoms with Gasteiger partial charge in [-0.1, -0.05) is 0 Å². The summed E-state index contributed by atoms with van der Waals surface area (Å²) < 4.78 is 9.48. The smallest absolute Gasteiger partial charge is 0.345 e. The van der Waals surface area contributed by atoms with Crippen molar-refractivity contribution in [2.24, 2.45) is 0 Å². The van der Waals surface area contributed by atoms with Gasteiger partial charge in [-0.3, -0.25) is 0 Å². The SMILES string of the molecule is CCOC(=O)c1c(O)cc(O)c2c(O)cc(=O)oc12. The molecule has 0 fully saturated rings. The van der Waals surface area contributed by atoms with Gasteiger partial charge in [-0.05, 0) is 6.92 Å². The van der Waals surface area contributed by atoms with Gasteiger partial charge in [-0.25, -0.2) is 9.59 Å². The lowest BCUT2D eigenvalue weighted by Gasteiger charge is -2.09. The molecule has 0 unspecified atom stereocenters. The van der Waals surface area contributed by atoms with Gasteiger partial charge in [-0.15, -0.1) is 0 Å². The van der Waals surface area contributed by atoms with Gasteiger partial charge < -0.3 is 24.5 Å². The Labute approximate surface area is 106 Å². The Hall–Kier alpha value is -2.70. The minimum atomic E-state index is -0.932. The predicted molar refractivity (Wildman–Crippen MR) is 63.4 cm³/mol. The van der Waals surface area contributed by atoms with E-state index in [9.17, 15) is 24.9 Å². The second-order valence-corrected chi connectivity index (χ2v) is 3.67. The molecule has 3 N–H and O–H groups in total. The average Bonchev–Trinajstić information content (AvgIpc) is 2.27. The highest BCUT2D eigenvalue weighted by molar-refractivity contribution is 6.07. The van der Waals surface area contributed by atoms with Crippen molar-refractivity contribution >= 4 is 16.9 Å². The van der Waals surface area contributed by atoms with Crippen molar-refractivity contribution in [3.05, 3.63) is 28.1 Å². The second kappa shape index (κ2) is 4.52. The molecule has 19 heavy (non-hydrogen) atoms. The van der Waals surface area contributed by atoms with E-state index in [4.69, 9.17) is 9.15 Å². The van der Waals surface area contributed by atoms with Crippen LogP contribution in [0, 0.1) is 0 Å². The molecule has 7 heteroatoms. The number of hydrogen-bond acceptors (Lipinski definition) is 7. The summed E-state index contributed by atoms with van der Waals surface area (Å²) in [6.07, 6.45) is 0. The zero-order chi connectivity index (χ0) is 14.2. The molecule has 0 spiro atoms. The van der Waals surface area contributed by atoms with Crippen LogP contribution >= 0.6 is 0 Å². The molecule has 7 nitrogen and oxygen atoms in total. The Bertz CT molecular complexity index is 714. The highest BCUT2D eigenvalue weighted by Gasteiger charge is 2.23. The van der Waals surface area contributed by atoms with Gasteiger partial charge in [0.15, 0.2) is 5.58 Å². The molecule has 0 radical (unpaired) electrons. The molecule has 0 amide bonds. The minimum Gasteiger partial charge on any atom is -0.507 e. The number of carbonyl (C=O) groups excluding carboxylic acids is 1. The van der Waals surface area contributed by atoms with Crippen molar-refractivity contribution < 1.29 is 29.3 Å². The summed E-state index contributed by atoms with van der Waals surface area (Å²) in [5.74, 6) is -2.63. The number of rotatable bonds is 2. The Kier molecular flexibility index (Phi) is 3.04. The fourth-order valence-corrected chi connectivity index (χ4v) is 1.70. The van der Waals surface area contributed by atoms with Crippen molar-refractivity contribution in [2.45, 2.75) is 6.92 Å². The van der Waals surface area contributed by atoms with Crippen LogP contribution in [0.1, 0.15) is 17.3 Å². The molecule has 2 aromatic rings. The zero-order valence-electron chi connectivity index (χ0n) is 9.84. The summed E-state index contributed by atoms with van der Waals surface area (Å²) in [6.45, 7) is 1.61. The Morgan fingerprint density at radius 2 is 1.84 bits per heavy atom. The molecule has 0 saturated carbocycles. The van der Waals surface area contributed by atoms with Crippen LogP contribution in [-0.4, -0.2) is 27.9 Å². The van der Waals surface area contributed by atoms with E-state index in [1.54, 1.807) is 6.92 Å². The number of hydrogen-bond donors (Lipinski definition) is 3. The minimum absolute atomic E-state index is 0.0453. The molecule has 0 aliphatic rings. The number of phenols is 2. The molecule has 1 aromatic carbocycles. The molecule has 2 rings (SSSR count). The molecule has 0 bridgehead atoms. The van der Waals surface area contributed by atoms with E-state index < -0.39 is 40.0 Å². The zero-order valence-corrected chi connectivity index (χ0v) is 9.84. The molecular weight excluding hydrogens is 256 g/mol. The first kappa shape index (κ1) is 12.7. The van der Waals surface area contributed by atoms with E-state index in [0.29, 0.717) is 0 Å². The highest BCUT2D eigenvalue weighted by atomic mass is 16.5. The molecule has 100 valence electrons. The third-order valence-corrected chi connectivity index (χ3v) is 2.43. The van der Waals surface area contributed by atoms with Crippen LogP contribution in [-0.2, 0) is 4.74 Å². The topological polar surface area (TPSA) is 117 Å². The number of phenolic OH excluding ortho intramolecular Hbond substituents is 2. The monoisotopic (exact) mass is 266 g/mol. The van der Waals surface area contributed by atoms with E-state index in [0.717, 1.165) is 12.1 Å². The van der Waals surface area contributed by atoms with Crippen LogP contribution in [0.5, 0.6) is 17.2 Å². The van der Waals surface area contributed by atoms with Gasteiger partial charge in [0.1, 0.15) is 28.2 Å².